The molecule has 7 heteroatoms. The van der Waals surface area contributed by atoms with E-state index in [0.29, 0.717) is 12.6 Å². The Morgan fingerprint density at radius 2 is 1.95 bits per heavy atom. The molecule has 0 saturated heterocycles. The Kier molecular flexibility index (Phi) is 2.61. The highest BCUT2D eigenvalue weighted by atomic mass is 16.7. The van der Waals surface area contributed by atoms with E-state index in [0.717, 1.165) is 48.0 Å². The van der Waals surface area contributed by atoms with Crippen LogP contribution in [0.15, 0.2) is 18.2 Å². The van der Waals surface area contributed by atoms with Crippen molar-refractivity contribution in [1.29, 1.82) is 0 Å². The van der Waals surface area contributed by atoms with E-state index in [1.165, 1.54) is 0 Å². The summed E-state index contributed by atoms with van der Waals surface area (Å²) in [7, 11) is 0. The lowest BCUT2D eigenvalue weighted by Crippen LogP contribution is -2.15. The van der Waals surface area contributed by atoms with Gasteiger partial charge in [-0.25, -0.2) is 4.98 Å². The summed E-state index contributed by atoms with van der Waals surface area (Å²) in [6.07, 6.45) is 0. The second-order valence-corrected chi connectivity index (χ2v) is 5.23. The van der Waals surface area contributed by atoms with Gasteiger partial charge in [-0.2, -0.15) is 4.98 Å². The van der Waals surface area contributed by atoms with Crippen molar-refractivity contribution in [1.82, 2.24) is 14.9 Å². The van der Waals surface area contributed by atoms with Crippen LogP contribution in [-0.2, 0) is 19.6 Å². The van der Waals surface area contributed by atoms with Gasteiger partial charge < -0.3 is 20.9 Å². The molecule has 0 saturated carbocycles. The van der Waals surface area contributed by atoms with Crippen molar-refractivity contribution in [2.75, 3.05) is 18.3 Å². The number of benzene rings is 1. The molecule has 2 aliphatic heterocycles. The van der Waals surface area contributed by atoms with Crippen LogP contribution in [0.4, 0.5) is 11.8 Å². The lowest BCUT2D eigenvalue weighted by Gasteiger charge is -2.14. The zero-order valence-electron chi connectivity index (χ0n) is 11.4. The van der Waals surface area contributed by atoms with Crippen LogP contribution in [0.3, 0.4) is 0 Å². The van der Waals surface area contributed by atoms with Crippen molar-refractivity contribution in [3.63, 3.8) is 0 Å². The van der Waals surface area contributed by atoms with Gasteiger partial charge in [0.15, 0.2) is 11.5 Å². The fourth-order valence-corrected chi connectivity index (χ4v) is 2.77. The Balaban J connectivity index is 1.54. The molecule has 7 nitrogen and oxygen atoms in total. The van der Waals surface area contributed by atoms with Gasteiger partial charge in [-0.15, -0.1) is 0 Å². The Morgan fingerprint density at radius 1 is 1.10 bits per heavy atom. The summed E-state index contributed by atoms with van der Waals surface area (Å²) in [6, 6.07) is 5.99. The van der Waals surface area contributed by atoms with Crippen molar-refractivity contribution in [2.24, 2.45) is 0 Å². The Bertz CT molecular complexity index is 719. The van der Waals surface area contributed by atoms with Crippen LogP contribution in [0.2, 0.25) is 0 Å². The van der Waals surface area contributed by atoms with E-state index in [2.05, 4.69) is 14.9 Å². The van der Waals surface area contributed by atoms with Crippen molar-refractivity contribution in [3.05, 3.63) is 35.0 Å². The van der Waals surface area contributed by atoms with E-state index in [-0.39, 0.29) is 5.95 Å². The number of nitrogens with zero attached hydrogens (tertiary/aromatic N) is 3. The normalized spacial score (nSPS) is 16.2. The first-order chi connectivity index (χ1) is 10.2. The predicted octanol–water partition coefficient (Wildman–Crippen LogP) is 0.885. The first-order valence-electron chi connectivity index (χ1n) is 6.70. The molecule has 21 heavy (non-hydrogen) atoms. The molecule has 2 aliphatic rings. The molecule has 4 rings (SSSR count). The molecular formula is C14H15N5O2. The molecule has 0 radical (unpaired) electrons. The van der Waals surface area contributed by atoms with Crippen molar-refractivity contribution in [3.8, 4) is 11.5 Å². The Hall–Kier alpha value is -2.54. The molecule has 0 atom stereocenters. The van der Waals surface area contributed by atoms with Crippen molar-refractivity contribution >= 4 is 11.8 Å². The molecule has 0 aliphatic carbocycles. The second-order valence-electron chi connectivity index (χ2n) is 5.23. The number of ether oxygens (including phenoxy) is 2. The van der Waals surface area contributed by atoms with E-state index in [1.54, 1.807) is 0 Å². The maximum absolute atomic E-state index is 5.91. The molecule has 4 N–H and O–H groups in total. The summed E-state index contributed by atoms with van der Waals surface area (Å²) in [5, 5.41) is 0. The zero-order valence-corrected chi connectivity index (χ0v) is 11.4. The fraction of sp³-hybridized carbons (Fsp3) is 0.286. The first kappa shape index (κ1) is 12.2. The summed E-state index contributed by atoms with van der Waals surface area (Å²) in [5.74, 6) is 2.31. The third-order valence-corrected chi connectivity index (χ3v) is 3.74. The second kappa shape index (κ2) is 4.49. The number of nitrogen functional groups attached to an aromatic ring is 2. The van der Waals surface area contributed by atoms with E-state index in [1.807, 2.05) is 18.2 Å². The highest BCUT2D eigenvalue weighted by Crippen LogP contribution is 2.34. The standard InChI is InChI=1S/C14H15N5O2/c15-13-9-5-19(6-10(9)17-14(16)18-13)4-8-1-2-11-12(3-8)21-7-20-11/h1-3H,4-7H2,(H4,15,16,17,18). The lowest BCUT2D eigenvalue weighted by molar-refractivity contribution is 0.174. The third kappa shape index (κ3) is 2.11. The SMILES string of the molecule is Nc1nc(N)c2c(n1)CN(Cc1ccc3c(c1)OCO3)C2. The van der Waals surface area contributed by atoms with Gasteiger partial charge in [-0.1, -0.05) is 6.07 Å². The number of hydrogen-bond acceptors (Lipinski definition) is 7. The van der Waals surface area contributed by atoms with Crippen LogP contribution in [-0.4, -0.2) is 21.7 Å². The van der Waals surface area contributed by atoms with Crippen molar-refractivity contribution < 1.29 is 9.47 Å². The quantitative estimate of drug-likeness (QED) is 0.845. The van der Waals surface area contributed by atoms with E-state index >= 15 is 0 Å². The van der Waals surface area contributed by atoms with Crippen LogP contribution in [0, 0.1) is 0 Å². The summed E-state index contributed by atoms with van der Waals surface area (Å²) in [6.45, 7) is 2.53. The molecular weight excluding hydrogens is 270 g/mol. The van der Waals surface area contributed by atoms with E-state index in [4.69, 9.17) is 20.9 Å². The van der Waals surface area contributed by atoms with Gasteiger partial charge in [0.2, 0.25) is 12.7 Å². The zero-order chi connectivity index (χ0) is 14.4. The lowest BCUT2D eigenvalue weighted by atomic mass is 10.2. The van der Waals surface area contributed by atoms with Crippen LogP contribution < -0.4 is 20.9 Å². The van der Waals surface area contributed by atoms with E-state index in [9.17, 15) is 0 Å². The summed E-state index contributed by atoms with van der Waals surface area (Å²) < 4.78 is 10.7. The molecule has 1 aromatic carbocycles. The molecule has 0 spiro atoms. The number of anilines is 2. The number of fused-ring (bicyclic) bond motifs is 2. The predicted molar refractivity (Wildman–Crippen MR) is 76.4 cm³/mol. The van der Waals surface area contributed by atoms with Gasteiger partial charge in [-0.05, 0) is 17.7 Å². The molecule has 0 bridgehead atoms. The number of rotatable bonds is 2. The maximum atomic E-state index is 5.91. The minimum absolute atomic E-state index is 0.233. The Morgan fingerprint density at radius 3 is 2.86 bits per heavy atom. The average Bonchev–Trinajstić information content (AvgIpc) is 3.04. The largest absolute Gasteiger partial charge is 0.454 e. The van der Waals surface area contributed by atoms with Gasteiger partial charge in [-0.3, -0.25) is 4.90 Å². The molecule has 3 heterocycles. The smallest absolute Gasteiger partial charge is 0.231 e. The highest BCUT2D eigenvalue weighted by molar-refractivity contribution is 5.48. The van der Waals surface area contributed by atoms with Gasteiger partial charge in [0.05, 0.1) is 5.69 Å². The molecule has 108 valence electrons. The van der Waals surface area contributed by atoms with Gasteiger partial charge in [0.25, 0.3) is 0 Å². The monoisotopic (exact) mass is 285 g/mol. The fourth-order valence-electron chi connectivity index (χ4n) is 2.77. The van der Waals surface area contributed by atoms with Crippen LogP contribution in [0.25, 0.3) is 0 Å². The van der Waals surface area contributed by atoms with E-state index < -0.39 is 0 Å². The number of nitrogens with two attached hydrogens (primary N) is 2. The first-order valence-corrected chi connectivity index (χ1v) is 6.70. The minimum Gasteiger partial charge on any atom is -0.454 e. The van der Waals surface area contributed by atoms with Gasteiger partial charge in [0.1, 0.15) is 5.82 Å². The summed E-state index contributed by atoms with van der Waals surface area (Å²) in [4.78, 5) is 10.5. The van der Waals surface area contributed by atoms with Crippen molar-refractivity contribution in [2.45, 2.75) is 19.6 Å². The van der Waals surface area contributed by atoms with Crippen LogP contribution >= 0.6 is 0 Å². The molecule has 0 fully saturated rings. The molecule has 0 unspecified atom stereocenters. The maximum Gasteiger partial charge on any atom is 0.231 e. The topological polar surface area (TPSA) is 99.5 Å². The number of hydrogen-bond donors (Lipinski definition) is 2. The molecule has 1 aromatic heterocycles. The molecule has 2 aromatic rings. The van der Waals surface area contributed by atoms with Crippen LogP contribution in [0.5, 0.6) is 11.5 Å². The van der Waals surface area contributed by atoms with Gasteiger partial charge >= 0.3 is 0 Å². The average molecular weight is 285 g/mol. The number of aromatic nitrogens is 2. The summed E-state index contributed by atoms with van der Waals surface area (Å²) >= 11 is 0. The van der Waals surface area contributed by atoms with Crippen LogP contribution in [0.1, 0.15) is 16.8 Å². The highest BCUT2D eigenvalue weighted by Gasteiger charge is 2.24. The third-order valence-electron chi connectivity index (χ3n) is 3.74. The summed E-state index contributed by atoms with van der Waals surface area (Å²) in [5.41, 5.74) is 14.6. The minimum atomic E-state index is 0.233. The Labute approximate surface area is 121 Å². The van der Waals surface area contributed by atoms with Gasteiger partial charge in [0, 0.05) is 25.2 Å². The molecule has 0 amide bonds.